The van der Waals surface area contributed by atoms with E-state index in [0.717, 1.165) is 38.7 Å². The van der Waals surface area contributed by atoms with Crippen molar-refractivity contribution in [2.24, 2.45) is 5.73 Å². The van der Waals surface area contributed by atoms with Crippen molar-refractivity contribution in [2.75, 3.05) is 6.61 Å². The van der Waals surface area contributed by atoms with E-state index in [2.05, 4.69) is 24.3 Å². The molecular weight excluding hydrogens is 242 g/mol. The van der Waals surface area contributed by atoms with E-state index < -0.39 is 0 Å². The highest BCUT2D eigenvalue weighted by atomic mass is 32.2. The van der Waals surface area contributed by atoms with Crippen molar-refractivity contribution in [3.8, 4) is 0 Å². The Kier molecular flexibility index (Phi) is 3.92. The number of hydrogen-bond donors (Lipinski definition) is 1. The molecule has 3 heteroatoms. The minimum atomic E-state index is 0.412. The average Bonchev–Trinajstić information content (AvgIpc) is 2.81. The number of hydrogen-bond acceptors (Lipinski definition) is 3. The summed E-state index contributed by atoms with van der Waals surface area (Å²) in [5.41, 5.74) is 7.40. The second kappa shape index (κ2) is 5.64. The molecule has 0 amide bonds. The molecule has 0 bridgehead atoms. The van der Waals surface area contributed by atoms with Gasteiger partial charge in [0.2, 0.25) is 0 Å². The summed E-state index contributed by atoms with van der Waals surface area (Å²) in [6.45, 7) is 0.888. The minimum absolute atomic E-state index is 0.412. The van der Waals surface area contributed by atoms with E-state index in [0.29, 0.717) is 17.4 Å². The first-order valence-corrected chi connectivity index (χ1v) is 7.81. The maximum Gasteiger partial charge on any atom is 0.0595 e. The van der Waals surface area contributed by atoms with Gasteiger partial charge in [-0.05, 0) is 43.7 Å². The molecule has 1 saturated carbocycles. The van der Waals surface area contributed by atoms with Crippen LogP contribution >= 0.6 is 11.8 Å². The summed E-state index contributed by atoms with van der Waals surface area (Å²) < 4.78 is 6.07. The van der Waals surface area contributed by atoms with Crippen LogP contribution in [0.15, 0.2) is 29.2 Å². The van der Waals surface area contributed by atoms with Crippen LogP contribution in [-0.4, -0.2) is 24.0 Å². The lowest BCUT2D eigenvalue weighted by Gasteiger charge is -2.27. The molecule has 1 aliphatic carbocycles. The van der Waals surface area contributed by atoms with Crippen LogP contribution in [0.2, 0.25) is 0 Å². The molecular formula is C15H21NOS. The van der Waals surface area contributed by atoms with Gasteiger partial charge >= 0.3 is 0 Å². The molecule has 1 aliphatic heterocycles. The first kappa shape index (κ1) is 12.5. The molecule has 1 aromatic rings. The van der Waals surface area contributed by atoms with E-state index in [9.17, 15) is 0 Å². The molecule has 98 valence electrons. The van der Waals surface area contributed by atoms with Crippen molar-refractivity contribution in [3.05, 3.63) is 29.8 Å². The van der Waals surface area contributed by atoms with Gasteiger partial charge in [0, 0.05) is 16.2 Å². The number of rotatable bonds is 3. The van der Waals surface area contributed by atoms with Crippen molar-refractivity contribution in [2.45, 2.75) is 54.4 Å². The third kappa shape index (κ3) is 2.90. The summed E-state index contributed by atoms with van der Waals surface area (Å²) in [6, 6.07) is 9.12. The summed E-state index contributed by atoms with van der Waals surface area (Å²) >= 11 is 1.98. The lowest BCUT2D eigenvalue weighted by atomic mass is 9.94. The Balaban J connectivity index is 1.46. The first-order valence-electron chi connectivity index (χ1n) is 6.93. The maximum absolute atomic E-state index is 6.07. The molecule has 0 saturated heterocycles. The molecule has 3 rings (SSSR count). The van der Waals surface area contributed by atoms with Crippen LogP contribution in [-0.2, 0) is 11.2 Å². The van der Waals surface area contributed by atoms with E-state index in [1.54, 1.807) is 0 Å². The monoisotopic (exact) mass is 263 g/mol. The van der Waals surface area contributed by atoms with Crippen molar-refractivity contribution in [3.63, 3.8) is 0 Å². The molecule has 0 spiro atoms. The lowest BCUT2D eigenvalue weighted by Crippen LogP contribution is -2.31. The molecule has 1 heterocycles. The van der Waals surface area contributed by atoms with Gasteiger partial charge in [-0.2, -0.15) is 0 Å². The zero-order valence-electron chi connectivity index (χ0n) is 10.7. The van der Waals surface area contributed by atoms with Crippen molar-refractivity contribution in [1.82, 2.24) is 0 Å². The van der Waals surface area contributed by atoms with E-state index in [4.69, 9.17) is 10.5 Å². The topological polar surface area (TPSA) is 35.2 Å². The second-order valence-electron chi connectivity index (χ2n) is 5.42. The average molecular weight is 263 g/mol. The van der Waals surface area contributed by atoms with E-state index >= 15 is 0 Å². The van der Waals surface area contributed by atoms with Gasteiger partial charge in [-0.25, -0.2) is 0 Å². The fourth-order valence-electron chi connectivity index (χ4n) is 2.85. The zero-order chi connectivity index (χ0) is 12.4. The number of thioether (sulfide) groups is 1. The van der Waals surface area contributed by atoms with Crippen LogP contribution in [0.4, 0.5) is 0 Å². The van der Waals surface area contributed by atoms with Crippen molar-refractivity contribution >= 4 is 11.8 Å². The normalized spacial score (nSPS) is 31.3. The molecule has 1 atom stereocenters. The van der Waals surface area contributed by atoms with Crippen LogP contribution in [0.1, 0.15) is 31.2 Å². The summed E-state index contributed by atoms with van der Waals surface area (Å²) in [6.07, 6.45) is 6.16. The third-order valence-corrected chi connectivity index (χ3v) is 5.24. The van der Waals surface area contributed by atoms with E-state index in [1.165, 1.54) is 10.5 Å². The summed E-state index contributed by atoms with van der Waals surface area (Å²) in [4.78, 5) is 1.44. The minimum Gasteiger partial charge on any atom is -0.377 e. The predicted octanol–water partition coefficient (Wildman–Crippen LogP) is 2.99. The van der Waals surface area contributed by atoms with Crippen LogP contribution < -0.4 is 5.73 Å². The molecule has 2 aliphatic rings. The van der Waals surface area contributed by atoms with Crippen LogP contribution in [0.25, 0.3) is 0 Å². The quantitative estimate of drug-likeness (QED) is 0.910. The van der Waals surface area contributed by atoms with Gasteiger partial charge in [0.15, 0.2) is 0 Å². The van der Waals surface area contributed by atoms with Gasteiger partial charge in [-0.1, -0.05) is 18.2 Å². The van der Waals surface area contributed by atoms with Crippen molar-refractivity contribution in [1.29, 1.82) is 0 Å². The smallest absolute Gasteiger partial charge is 0.0595 e. The Labute approximate surface area is 113 Å². The zero-order valence-corrected chi connectivity index (χ0v) is 11.5. The van der Waals surface area contributed by atoms with E-state index in [1.807, 2.05) is 11.8 Å². The number of benzene rings is 1. The van der Waals surface area contributed by atoms with Gasteiger partial charge in [0.1, 0.15) is 0 Å². The standard InChI is InChI=1S/C15H21NOS/c16-12-5-7-13(8-6-12)17-10-14-9-11-3-1-2-4-15(11)18-14/h1-4,12-14H,5-10,16H2. The molecule has 0 aromatic heterocycles. The number of fused-ring (bicyclic) bond motifs is 1. The van der Waals surface area contributed by atoms with Gasteiger partial charge in [0.05, 0.1) is 12.7 Å². The van der Waals surface area contributed by atoms with E-state index in [-0.39, 0.29) is 0 Å². The number of ether oxygens (including phenoxy) is 1. The summed E-state index contributed by atoms with van der Waals surface area (Å²) in [5.74, 6) is 0. The van der Waals surface area contributed by atoms with Crippen LogP contribution in [0, 0.1) is 0 Å². The SMILES string of the molecule is NC1CCC(OCC2Cc3ccccc3S2)CC1. The Hall–Kier alpha value is -0.510. The lowest BCUT2D eigenvalue weighted by molar-refractivity contribution is 0.0264. The fraction of sp³-hybridized carbons (Fsp3) is 0.600. The number of nitrogens with two attached hydrogens (primary N) is 1. The van der Waals surface area contributed by atoms with Gasteiger partial charge in [-0.3, -0.25) is 0 Å². The Bertz CT molecular complexity index is 376. The summed E-state index contributed by atoms with van der Waals surface area (Å²) in [5, 5.41) is 0.609. The van der Waals surface area contributed by atoms with Gasteiger partial charge in [0.25, 0.3) is 0 Å². The summed E-state index contributed by atoms with van der Waals surface area (Å²) in [7, 11) is 0. The highest BCUT2D eigenvalue weighted by Gasteiger charge is 2.24. The third-order valence-electron chi connectivity index (χ3n) is 3.95. The first-order chi connectivity index (χ1) is 8.81. The predicted molar refractivity (Wildman–Crippen MR) is 76.0 cm³/mol. The fourth-order valence-corrected chi connectivity index (χ4v) is 4.07. The molecule has 2 nitrogen and oxygen atoms in total. The highest BCUT2D eigenvalue weighted by molar-refractivity contribution is 8.00. The molecule has 18 heavy (non-hydrogen) atoms. The van der Waals surface area contributed by atoms with Crippen LogP contribution in [0.3, 0.4) is 0 Å². The molecule has 0 radical (unpaired) electrons. The Morgan fingerprint density at radius 3 is 2.72 bits per heavy atom. The van der Waals surface area contributed by atoms with Crippen LogP contribution in [0.5, 0.6) is 0 Å². The van der Waals surface area contributed by atoms with Gasteiger partial charge < -0.3 is 10.5 Å². The molecule has 2 N–H and O–H groups in total. The maximum atomic E-state index is 6.07. The molecule has 1 fully saturated rings. The Morgan fingerprint density at radius 1 is 1.17 bits per heavy atom. The largest absolute Gasteiger partial charge is 0.377 e. The molecule has 1 aromatic carbocycles. The van der Waals surface area contributed by atoms with Crippen molar-refractivity contribution < 1.29 is 4.74 Å². The highest BCUT2D eigenvalue weighted by Crippen LogP contribution is 2.37. The Morgan fingerprint density at radius 2 is 1.94 bits per heavy atom. The molecule has 1 unspecified atom stereocenters. The van der Waals surface area contributed by atoms with Gasteiger partial charge in [-0.15, -0.1) is 11.8 Å². The second-order valence-corrected chi connectivity index (χ2v) is 6.76.